The third kappa shape index (κ3) is 3.80. The van der Waals surface area contributed by atoms with Gasteiger partial charge in [-0.15, -0.1) is 0 Å². The van der Waals surface area contributed by atoms with Crippen LogP contribution in [-0.4, -0.2) is 43.0 Å². The van der Waals surface area contributed by atoms with Crippen molar-refractivity contribution in [1.82, 2.24) is 10.2 Å². The van der Waals surface area contributed by atoms with Crippen LogP contribution in [-0.2, 0) is 4.79 Å². The zero-order valence-electron chi connectivity index (χ0n) is 9.83. The summed E-state index contributed by atoms with van der Waals surface area (Å²) in [5.41, 5.74) is 5.47. The molecule has 1 aliphatic rings. The molecule has 0 aliphatic carbocycles. The van der Waals surface area contributed by atoms with Crippen LogP contribution < -0.4 is 11.1 Å². The summed E-state index contributed by atoms with van der Waals surface area (Å²) < 4.78 is 0. The van der Waals surface area contributed by atoms with Gasteiger partial charge in [-0.2, -0.15) is 0 Å². The lowest BCUT2D eigenvalue weighted by Crippen LogP contribution is -2.53. The van der Waals surface area contributed by atoms with Crippen LogP contribution in [0.4, 0.5) is 0 Å². The molecule has 1 aliphatic heterocycles. The van der Waals surface area contributed by atoms with Gasteiger partial charge in [0.1, 0.15) is 0 Å². The molecule has 2 unspecified atom stereocenters. The average Bonchev–Trinajstić information content (AvgIpc) is 2.26. The van der Waals surface area contributed by atoms with Crippen LogP contribution in [0.25, 0.3) is 0 Å². The van der Waals surface area contributed by atoms with Gasteiger partial charge in [-0.3, -0.25) is 9.69 Å². The topological polar surface area (TPSA) is 58.4 Å². The van der Waals surface area contributed by atoms with E-state index in [-0.39, 0.29) is 11.9 Å². The van der Waals surface area contributed by atoms with Gasteiger partial charge in [0.15, 0.2) is 0 Å². The van der Waals surface area contributed by atoms with Crippen molar-refractivity contribution in [1.29, 1.82) is 0 Å². The molecule has 1 amide bonds. The highest BCUT2D eigenvalue weighted by molar-refractivity contribution is 5.79. The molecule has 0 aromatic carbocycles. The largest absolute Gasteiger partial charge is 0.368 e. The first-order valence-corrected chi connectivity index (χ1v) is 5.89. The molecule has 0 bridgehead atoms. The van der Waals surface area contributed by atoms with Gasteiger partial charge >= 0.3 is 0 Å². The Balaban J connectivity index is 2.51. The molecule has 0 saturated carbocycles. The molecule has 4 nitrogen and oxygen atoms in total. The minimum absolute atomic E-state index is 0.0675. The molecule has 0 aromatic rings. The van der Waals surface area contributed by atoms with E-state index in [1.807, 2.05) is 0 Å². The first-order valence-electron chi connectivity index (χ1n) is 5.89. The van der Waals surface area contributed by atoms with Crippen LogP contribution in [0, 0.1) is 5.92 Å². The fourth-order valence-corrected chi connectivity index (χ4v) is 1.99. The van der Waals surface area contributed by atoms with Crippen molar-refractivity contribution < 1.29 is 4.79 Å². The van der Waals surface area contributed by atoms with Crippen LogP contribution in [0.1, 0.15) is 26.7 Å². The summed E-state index contributed by atoms with van der Waals surface area (Å²) in [5.74, 6) is 0.398. The number of rotatable bonds is 5. The van der Waals surface area contributed by atoms with Crippen LogP contribution in [0.2, 0.25) is 0 Å². The number of amides is 1. The van der Waals surface area contributed by atoms with E-state index >= 15 is 0 Å². The molecule has 3 N–H and O–H groups in total. The lowest BCUT2D eigenvalue weighted by Gasteiger charge is -2.34. The van der Waals surface area contributed by atoms with Crippen molar-refractivity contribution in [2.24, 2.45) is 11.7 Å². The number of piperazine rings is 1. The lowest BCUT2D eigenvalue weighted by molar-refractivity contribution is -0.124. The van der Waals surface area contributed by atoms with Crippen molar-refractivity contribution >= 4 is 5.91 Å². The molecule has 88 valence electrons. The molecule has 0 aromatic heterocycles. The summed E-state index contributed by atoms with van der Waals surface area (Å²) in [6.45, 7) is 8.13. The third-order valence-corrected chi connectivity index (χ3v) is 3.24. The van der Waals surface area contributed by atoms with E-state index in [2.05, 4.69) is 24.1 Å². The molecule has 1 saturated heterocycles. The Morgan fingerprint density at radius 1 is 1.47 bits per heavy atom. The third-order valence-electron chi connectivity index (χ3n) is 3.24. The van der Waals surface area contributed by atoms with Gasteiger partial charge in [-0.25, -0.2) is 0 Å². The average molecular weight is 213 g/mol. The quantitative estimate of drug-likeness (QED) is 0.685. The summed E-state index contributed by atoms with van der Waals surface area (Å²) in [7, 11) is 0. The molecule has 1 heterocycles. The number of hydrogen-bond acceptors (Lipinski definition) is 3. The van der Waals surface area contributed by atoms with E-state index in [0.29, 0.717) is 5.92 Å². The van der Waals surface area contributed by atoms with E-state index in [0.717, 1.165) is 39.0 Å². The summed E-state index contributed by atoms with van der Waals surface area (Å²) in [5, 5.41) is 3.28. The molecule has 4 heteroatoms. The smallest absolute Gasteiger partial charge is 0.234 e. The highest BCUT2D eigenvalue weighted by Crippen LogP contribution is 2.15. The molecule has 0 spiro atoms. The molecule has 0 radical (unpaired) electrons. The van der Waals surface area contributed by atoms with E-state index in [1.54, 1.807) is 0 Å². The molecular formula is C11H23N3O. The van der Waals surface area contributed by atoms with Gasteiger partial charge in [-0.05, 0) is 12.3 Å². The Morgan fingerprint density at radius 2 is 2.07 bits per heavy atom. The summed E-state index contributed by atoms with van der Waals surface area (Å²) in [4.78, 5) is 13.6. The van der Waals surface area contributed by atoms with Crippen molar-refractivity contribution in [3.05, 3.63) is 0 Å². The number of nitrogens with zero attached hydrogens (tertiary/aromatic N) is 1. The number of primary amides is 1. The van der Waals surface area contributed by atoms with Crippen LogP contribution in [0.5, 0.6) is 0 Å². The van der Waals surface area contributed by atoms with Gasteiger partial charge in [0.25, 0.3) is 0 Å². The van der Waals surface area contributed by atoms with Crippen molar-refractivity contribution in [3.8, 4) is 0 Å². The van der Waals surface area contributed by atoms with Crippen LogP contribution >= 0.6 is 0 Å². The predicted octanol–water partition coefficient (Wildman–Crippen LogP) is 0.182. The number of nitrogens with two attached hydrogens (primary N) is 1. The standard InChI is InChI=1S/C11H23N3O/c1-3-9(2)8-10(11(12)15)14-6-4-13-5-7-14/h9-10,13H,3-8H2,1-2H3,(H2,12,15). The highest BCUT2D eigenvalue weighted by Gasteiger charge is 2.26. The van der Waals surface area contributed by atoms with Gasteiger partial charge < -0.3 is 11.1 Å². The fraction of sp³-hybridized carbons (Fsp3) is 0.909. The number of nitrogens with one attached hydrogen (secondary N) is 1. The van der Waals surface area contributed by atoms with Gasteiger partial charge in [0.2, 0.25) is 5.91 Å². The Bertz CT molecular complexity index is 202. The van der Waals surface area contributed by atoms with Gasteiger partial charge in [0, 0.05) is 26.2 Å². The normalized spacial score (nSPS) is 22.3. The van der Waals surface area contributed by atoms with Gasteiger partial charge in [-0.1, -0.05) is 20.3 Å². The van der Waals surface area contributed by atoms with E-state index < -0.39 is 0 Å². The lowest BCUT2D eigenvalue weighted by atomic mass is 9.97. The Kier molecular flexibility index (Phi) is 5.05. The Morgan fingerprint density at radius 3 is 2.53 bits per heavy atom. The maximum atomic E-state index is 11.4. The van der Waals surface area contributed by atoms with Crippen LogP contribution in [0.3, 0.4) is 0 Å². The number of carbonyl (C=O) groups is 1. The second-order valence-electron chi connectivity index (χ2n) is 4.45. The minimum atomic E-state index is -0.169. The fourth-order valence-electron chi connectivity index (χ4n) is 1.99. The van der Waals surface area contributed by atoms with E-state index in [9.17, 15) is 4.79 Å². The maximum absolute atomic E-state index is 11.4. The zero-order valence-corrected chi connectivity index (χ0v) is 9.83. The van der Waals surface area contributed by atoms with Crippen molar-refractivity contribution in [2.45, 2.75) is 32.7 Å². The molecule has 1 rings (SSSR count). The zero-order chi connectivity index (χ0) is 11.3. The molecule has 15 heavy (non-hydrogen) atoms. The number of hydrogen-bond donors (Lipinski definition) is 2. The van der Waals surface area contributed by atoms with E-state index in [4.69, 9.17) is 5.73 Å². The number of carbonyl (C=O) groups excluding carboxylic acids is 1. The molecule has 2 atom stereocenters. The molecular weight excluding hydrogens is 190 g/mol. The summed E-state index contributed by atoms with van der Waals surface area (Å²) in [6.07, 6.45) is 2.00. The minimum Gasteiger partial charge on any atom is -0.368 e. The van der Waals surface area contributed by atoms with Crippen LogP contribution in [0.15, 0.2) is 0 Å². The van der Waals surface area contributed by atoms with Crippen molar-refractivity contribution in [3.63, 3.8) is 0 Å². The van der Waals surface area contributed by atoms with Gasteiger partial charge in [0.05, 0.1) is 6.04 Å². The van der Waals surface area contributed by atoms with Crippen molar-refractivity contribution in [2.75, 3.05) is 26.2 Å². The summed E-state index contributed by atoms with van der Waals surface area (Å²) >= 11 is 0. The predicted molar refractivity (Wildman–Crippen MR) is 61.5 cm³/mol. The monoisotopic (exact) mass is 213 g/mol. The first kappa shape index (κ1) is 12.5. The second kappa shape index (κ2) is 6.08. The second-order valence-corrected chi connectivity index (χ2v) is 4.45. The summed E-state index contributed by atoms with van der Waals surface area (Å²) in [6, 6.07) is -0.0675. The highest BCUT2D eigenvalue weighted by atomic mass is 16.1. The first-order chi connectivity index (χ1) is 7.15. The molecule has 1 fully saturated rings. The Hall–Kier alpha value is -0.610. The van der Waals surface area contributed by atoms with E-state index in [1.165, 1.54) is 0 Å². The SMILES string of the molecule is CCC(C)CC(C(N)=O)N1CCNCC1. The Labute approximate surface area is 92.2 Å². The maximum Gasteiger partial charge on any atom is 0.234 e.